The number of halogens is 1. The number of piperazine rings is 1. The third kappa shape index (κ3) is 4.29. The molecule has 5 aromatic rings. The zero-order valence-corrected chi connectivity index (χ0v) is 21.5. The molecule has 1 aliphatic rings. The fourth-order valence-electron chi connectivity index (χ4n) is 4.72. The lowest BCUT2D eigenvalue weighted by molar-refractivity contribution is -0.924. The van der Waals surface area contributed by atoms with Crippen molar-refractivity contribution in [3.8, 4) is 16.4 Å². The SMILES string of the molecule is S=c1n(C[NH+]2CCN(c3ccccc3)CC2)nc(-c2sc3ccccc3c2Cl)n1-c1ccccc1. The minimum Gasteiger partial charge on any atom is -0.360 e. The van der Waals surface area contributed by atoms with Crippen molar-refractivity contribution in [2.45, 2.75) is 6.67 Å². The van der Waals surface area contributed by atoms with E-state index < -0.39 is 0 Å². The average Bonchev–Trinajstić information content (AvgIpc) is 3.42. The topological polar surface area (TPSA) is 30.4 Å². The van der Waals surface area contributed by atoms with Gasteiger partial charge in [-0.15, -0.1) is 16.4 Å². The average molecular weight is 519 g/mol. The Labute approximate surface area is 218 Å². The van der Waals surface area contributed by atoms with Crippen molar-refractivity contribution in [2.75, 3.05) is 31.1 Å². The Morgan fingerprint density at radius 2 is 1.49 bits per heavy atom. The summed E-state index contributed by atoms with van der Waals surface area (Å²) in [5.74, 6) is 0.801. The van der Waals surface area contributed by atoms with E-state index in [1.54, 1.807) is 11.3 Å². The molecule has 2 aromatic heterocycles. The minimum atomic E-state index is 0.692. The fraction of sp³-hybridized carbons (Fsp3) is 0.185. The fourth-order valence-corrected chi connectivity index (χ4v) is 6.50. The highest BCUT2D eigenvalue weighted by Gasteiger charge is 2.24. The Kier molecular flexibility index (Phi) is 6.16. The molecule has 1 saturated heterocycles. The third-order valence-electron chi connectivity index (χ3n) is 6.56. The Bertz CT molecular complexity index is 1520. The molecule has 5 nitrogen and oxygen atoms in total. The molecule has 0 amide bonds. The molecule has 1 aliphatic heterocycles. The first-order valence-electron chi connectivity index (χ1n) is 11.8. The molecule has 0 aliphatic carbocycles. The van der Waals surface area contributed by atoms with Crippen LogP contribution in [-0.2, 0) is 6.67 Å². The smallest absolute Gasteiger partial charge is 0.207 e. The highest BCUT2D eigenvalue weighted by molar-refractivity contribution is 7.71. The Hall–Kier alpha value is -2.97. The molecule has 0 radical (unpaired) electrons. The number of aromatic nitrogens is 3. The maximum absolute atomic E-state index is 6.88. The number of hydrogen-bond donors (Lipinski definition) is 1. The number of rotatable bonds is 5. The largest absolute Gasteiger partial charge is 0.360 e. The second-order valence-electron chi connectivity index (χ2n) is 8.75. The number of hydrogen-bond acceptors (Lipinski definition) is 4. The molecule has 0 atom stereocenters. The highest BCUT2D eigenvalue weighted by atomic mass is 35.5. The summed E-state index contributed by atoms with van der Waals surface area (Å²) in [6.07, 6.45) is 0. The van der Waals surface area contributed by atoms with Crippen LogP contribution in [0.2, 0.25) is 5.02 Å². The van der Waals surface area contributed by atoms with Gasteiger partial charge in [0.05, 0.1) is 41.8 Å². The molecule has 0 saturated carbocycles. The number of quaternary nitrogens is 1. The van der Waals surface area contributed by atoms with Gasteiger partial charge in [-0.25, -0.2) is 0 Å². The van der Waals surface area contributed by atoms with E-state index in [-0.39, 0.29) is 0 Å². The number of thiophene rings is 1. The molecule has 3 aromatic carbocycles. The van der Waals surface area contributed by atoms with Crippen LogP contribution in [0.4, 0.5) is 5.69 Å². The van der Waals surface area contributed by atoms with Crippen LogP contribution in [0, 0.1) is 4.77 Å². The van der Waals surface area contributed by atoms with Crippen LogP contribution in [0.1, 0.15) is 0 Å². The lowest BCUT2D eigenvalue weighted by Gasteiger charge is -2.33. The summed E-state index contributed by atoms with van der Waals surface area (Å²) < 4.78 is 5.88. The first kappa shape index (κ1) is 22.5. The summed E-state index contributed by atoms with van der Waals surface area (Å²) in [5, 5.41) is 6.84. The molecule has 0 bridgehead atoms. The predicted octanol–water partition coefficient (Wildman–Crippen LogP) is 5.30. The van der Waals surface area contributed by atoms with E-state index in [1.165, 1.54) is 10.6 Å². The van der Waals surface area contributed by atoms with Crippen molar-refractivity contribution in [2.24, 2.45) is 0 Å². The number of nitrogens with zero attached hydrogens (tertiary/aromatic N) is 4. The predicted molar refractivity (Wildman–Crippen MR) is 148 cm³/mol. The molecule has 3 heterocycles. The van der Waals surface area contributed by atoms with Gasteiger partial charge in [0.15, 0.2) is 12.5 Å². The van der Waals surface area contributed by atoms with Gasteiger partial charge in [-0.1, -0.05) is 66.2 Å². The standard InChI is InChI=1S/C27H24ClN5S2/c28-24-22-13-7-8-14-23(22)35-25(24)26-29-32(27(34)33(26)21-11-5-2-6-12-21)19-30-15-17-31(18-16-30)20-9-3-1-4-10-20/h1-14H,15-19H2/p+1. The van der Waals surface area contributed by atoms with Gasteiger partial charge in [-0.3, -0.25) is 4.57 Å². The quantitative estimate of drug-likeness (QED) is 0.320. The molecule has 0 spiro atoms. The summed E-state index contributed by atoms with van der Waals surface area (Å²) in [4.78, 5) is 4.87. The molecular formula is C27H25ClN5S2+. The number of fused-ring (bicyclic) bond motifs is 1. The van der Waals surface area contributed by atoms with Crippen molar-refractivity contribution in [3.63, 3.8) is 0 Å². The number of nitrogens with one attached hydrogen (secondary N) is 1. The van der Waals surface area contributed by atoms with Gasteiger partial charge in [0.25, 0.3) is 0 Å². The number of benzene rings is 3. The van der Waals surface area contributed by atoms with Gasteiger partial charge in [0.1, 0.15) is 0 Å². The van der Waals surface area contributed by atoms with Crippen molar-refractivity contribution < 1.29 is 4.90 Å². The van der Waals surface area contributed by atoms with Gasteiger partial charge in [-0.05, 0) is 42.5 Å². The van der Waals surface area contributed by atoms with Crippen LogP contribution in [-0.4, -0.2) is 40.5 Å². The Balaban J connectivity index is 1.34. The van der Waals surface area contributed by atoms with E-state index in [2.05, 4.69) is 64.1 Å². The van der Waals surface area contributed by atoms with Crippen molar-refractivity contribution in [1.29, 1.82) is 0 Å². The van der Waals surface area contributed by atoms with Crippen molar-refractivity contribution >= 4 is 50.9 Å². The normalized spacial score (nSPS) is 14.6. The summed E-state index contributed by atoms with van der Waals surface area (Å²) in [7, 11) is 0. The maximum Gasteiger partial charge on any atom is 0.207 e. The molecule has 1 N–H and O–H groups in total. The highest BCUT2D eigenvalue weighted by Crippen LogP contribution is 2.41. The van der Waals surface area contributed by atoms with E-state index in [0.29, 0.717) is 4.77 Å². The zero-order valence-electron chi connectivity index (χ0n) is 19.1. The minimum absolute atomic E-state index is 0.692. The van der Waals surface area contributed by atoms with Gasteiger partial charge in [0, 0.05) is 15.8 Å². The van der Waals surface area contributed by atoms with Crippen LogP contribution < -0.4 is 9.80 Å². The van der Waals surface area contributed by atoms with Crippen LogP contribution in [0.5, 0.6) is 0 Å². The monoisotopic (exact) mass is 518 g/mol. The lowest BCUT2D eigenvalue weighted by atomic mass is 10.2. The molecule has 6 rings (SSSR count). The summed E-state index contributed by atoms with van der Waals surface area (Å²) in [6.45, 7) is 4.83. The number of para-hydroxylation sites is 2. The summed E-state index contributed by atoms with van der Waals surface area (Å²) in [5.41, 5.74) is 2.29. The second kappa shape index (κ2) is 9.59. The van der Waals surface area contributed by atoms with Crippen molar-refractivity contribution in [3.05, 3.63) is 94.7 Å². The van der Waals surface area contributed by atoms with Gasteiger partial charge in [0.2, 0.25) is 4.77 Å². The molecule has 1 fully saturated rings. The lowest BCUT2D eigenvalue weighted by Crippen LogP contribution is -3.14. The summed E-state index contributed by atoms with van der Waals surface area (Å²) >= 11 is 14.5. The first-order valence-corrected chi connectivity index (χ1v) is 13.4. The van der Waals surface area contributed by atoms with E-state index in [4.69, 9.17) is 28.9 Å². The third-order valence-corrected chi connectivity index (χ3v) is 8.62. The zero-order chi connectivity index (χ0) is 23.8. The van der Waals surface area contributed by atoms with Crippen molar-refractivity contribution in [1.82, 2.24) is 14.3 Å². The van der Waals surface area contributed by atoms with Crippen LogP contribution >= 0.6 is 35.2 Å². The molecule has 35 heavy (non-hydrogen) atoms. The van der Waals surface area contributed by atoms with E-state index in [0.717, 1.165) is 64.3 Å². The van der Waals surface area contributed by atoms with Gasteiger partial charge >= 0.3 is 0 Å². The molecular weight excluding hydrogens is 494 g/mol. The first-order chi connectivity index (χ1) is 17.2. The maximum atomic E-state index is 6.88. The van der Waals surface area contributed by atoms with Crippen LogP contribution in [0.25, 0.3) is 26.5 Å². The summed E-state index contributed by atoms with van der Waals surface area (Å²) in [6, 6.07) is 29.1. The second-order valence-corrected chi connectivity index (χ2v) is 10.5. The molecule has 0 unspecified atom stereocenters. The Morgan fingerprint density at radius 1 is 0.857 bits per heavy atom. The Morgan fingerprint density at radius 3 is 2.17 bits per heavy atom. The van der Waals surface area contributed by atoms with Crippen LogP contribution in [0.3, 0.4) is 0 Å². The van der Waals surface area contributed by atoms with E-state index in [9.17, 15) is 0 Å². The van der Waals surface area contributed by atoms with Gasteiger partial charge < -0.3 is 9.80 Å². The van der Waals surface area contributed by atoms with E-state index in [1.807, 2.05) is 35.0 Å². The van der Waals surface area contributed by atoms with E-state index >= 15 is 0 Å². The van der Waals surface area contributed by atoms with Crippen LogP contribution in [0.15, 0.2) is 84.9 Å². The molecule has 8 heteroatoms. The number of anilines is 1. The van der Waals surface area contributed by atoms with Gasteiger partial charge in [-0.2, -0.15) is 4.68 Å². The molecule has 176 valence electrons.